The van der Waals surface area contributed by atoms with Crippen LogP contribution in [0.2, 0.25) is 0 Å². The van der Waals surface area contributed by atoms with E-state index < -0.39 is 0 Å². The molecule has 1 aliphatic rings. The van der Waals surface area contributed by atoms with E-state index in [1.165, 1.54) is 0 Å². The van der Waals surface area contributed by atoms with E-state index in [0.29, 0.717) is 5.69 Å². The van der Waals surface area contributed by atoms with Crippen molar-refractivity contribution < 1.29 is 4.79 Å². The fourth-order valence-electron chi connectivity index (χ4n) is 2.68. The molecular formula is C15H18ClN3O. The fourth-order valence-corrected chi connectivity index (χ4v) is 2.68. The van der Waals surface area contributed by atoms with Gasteiger partial charge < -0.3 is 15.2 Å². The number of carbonyl (C=O) groups is 1. The highest BCUT2D eigenvalue weighted by atomic mass is 35.5. The van der Waals surface area contributed by atoms with Crippen molar-refractivity contribution in [3.05, 3.63) is 47.8 Å². The monoisotopic (exact) mass is 291 g/mol. The molecule has 0 aliphatic carbocycles. The number of nitrogens with two attached hydrogens (primary N) is 1. The number of benzene rings is 1. The summed E-state index contributed by atoms with van der Waals surface area (Å²) in [5, 5.41) is 0. The predicted molar refractivity (Wildman–Crippen MR) is 83.5 cm³/mol. The molecule has 2 heterocycles. The van der Waals surface area contributed by atoms with Crippen molar-refractivity contribution in [2.45, 2.75) is 12.8 Å². The van der Waals surface area contributed by atoms with Gasteiger partial charge in [0.05, 0.1) is 0 Å². The number of aromatic nitrogens is 1. The molecule has 0 radical (unpaired) electrons. The summed E-state index contributed by atoms with van der Waals surface area (Å²) in [4.78, 5) is 14.5. The molecule has 0 spiro atoms. The number of nitrogen functional groups attached to an aromatic ring is 1. The van der Waals surface area contributed by atoms with Crippen molar-refractivity contribution in [3.63, 3.8) is 0 Å². The molecule has 1 amide bonds. The lowest BCUT2D eigenvalue weighted by atomic mass is 9.99. The Morgan fingerprint density at radius 2 is 2.05 bits per heavy atom. The predicted octanol–water partition coefficient (Wildman–Crippen LogP) is 2.62. The van der Waals surface area contributed by atoms with Gasteiger partial charge in [-0.2, -0.15) is 0 Å². The van der Waals surface area contributed by atoms with E-state index in [1.807, 2.05) is 53.0 Å². The highest BCUT2D eigenvalue weighted by molar-refractivity contribution is 6.06. The van der Waals surface area contributed by atoms with Gasteiger partial charge >= 0.3 is 0 Å². The van der Waals surface area contributed by atoms with Crippen LogP contribution in [0.4, 0.5) is 11.4 Å². The number of halogens is 1. The SMILES string of the molecule is Cl.Cn1cccc1C(=O)N1CCCc2c(N)cccc21. The molecule has 0 fully saturated rings. The summed E-state index contributed by atoms with van der Waals surface area (Å²) in [6.45, 7) is 0.750. The van der Waals surface area contributed by atoms with E-state index in [0.717, 1.165) is 36.3 Å². The summed E-state index contributed by atoms with van der Waals surface area (Å²) in [5.41, 5.74) is 9.54. The molecule has 4 nitrogen and oxygen atoms in total. The third kappa shape index (κ3) is 2.27. The van der Waals surface area contributed by atoms with Crippen LogP contribution in [0.1, 0.15) is 22.5 Å². The van der Waals surface area contributed by atoms with Gasteiger partial charge in [-0.25, -0.2) is 0 Å². The average molecular weight is 292 g/mol. The van der Waals surface area contributed by atoms with E-state index in [1.54, 1.807) is 0 Å². The molecule has 1 aliphatic heterocycles. The van der Waals surface area contributed by atoms with Gasteiger partial charge in [0.1, 0.15) is 5.69 Å². The lowest BCUT2D eigenvalue weighted by molar-refractivity contribution is 0.0977. The molecule has 0 saturated carbocycles. The summed E-state index contributed by atoms with van der Waals surface area (Å²) in [5.74, 6) is 0.0408. The number of hydrogen-bond acceptors (Lipinski definition) is 2. The maximum absolute atomic E-state index is 12.6. The molecule has 0 unspecified atom stereocenters. The summed E-state index contributed by atoms with van der Waals surface area (Å²) >= 11 is 0. The fraction of sp³-hybridized carbons (Fsp3) is 0.267. The topological polar surface area (TPSA) is 51.3 Å². The van der Waals surface area contributed by atoms with Crippen molar-refractivity contribution >= 4 is 29.7 Å². The molecular weight excluding hydrogens is 274 g/mol. The minimum Gasteiger partial charge on any atom is -0.398 e. The molecule has 0 bridgehead atoms. The van der Waals surface area contributed by atoms with Gasteiger partial charge in [0.25, 0.3) is 5.91 Å². The van der Waals surface area contributed by atoms with Gasteiger partial charge in [-0.05, 0) is 42.7 Å². The zero-order chi connectivity index (χ0) is 13.4. The van der Waals surface area contributed by atoms with Crippen LogP contribution in [-0.4, -0.2) is 17.0 Å². The molecule has 0 saturated heterocycles. The highest BCUT2D eigenvalue weighted by Gasteiger charge is 2.25. The number of amides is 1. The smallest absolute Gasteiger partial charge is 0.274 e. The standard InChI is InChI=1S/C15H17N3O.ClH/c1-17-9-4-8-14(17)15(19)18-10-3-5-11-12(16)6-2-7-13(11)18;/h2,4,6-9H,3,5,10,16H2,1H3;1H. The van der Waals surface area contributed by atoms with Crippen molar-refractivity contribution in [1.29, 1.82) is 0 Å². The Morgan fingerprint density at radius 1 is 1.25 bits per heavy atom. The van der Waals surface area contributed by atoms with E-state index in [-0.39, 0.29) is 18.3 Å². The molecule has 20 heavy (non-hydrogen) atoms. The Morgan fingerprint density at radius 3 is 2.75 bits per heavy atom. The minimum atomic E-state index is 0. The van der Waals surface area contributed by atoms with Gasteiger partial charge in [-0.3, -0.25) is 4.79 Å². The molecule has 2 aromatic rings. The zero-order valence-electron chi connectivity index (χ0n) is 11.4. The first-order chi connectivity index (χ1) is 9.18. The normalized spacial score (nSPS) is 13.6. The van der Waals surface area contributed by atoms with Gasteiger partial charge in [0.2, 0.25) is 0 Å². The van der Waals surface area contributed by atoms with Crippen molar-refractivity contribution in [2.24, 2.45) is 7.05 Å². The summed E-state index contributed by atoms with van der Waals surface area (Å²) in [6.07, 6.45) is 3.79. The first-order valence-corrected chi connectivity index (χ1v) is 6.49. The van der Waals surface area contributed by atoms with Crippen LogP contribution in [0.15, 0.2) is 36.5 Å². The lowest BCUT2D eigenvalue weighted by Gasteiger charge is -2.30. The number of fused-ring (bicyclic) bond motifs is 1. The second-order valence-electron chi connectivity index (χ2n) is 4.91. The van der Waals surface area contributed by atoms with Crippen molar-refractivity contribution in [2.75, 3.05) is 17.2 Å². The summed E-state index contributed by atoms with van der Waals surface area (Å²) in [6, 6.07) is 9.52. The van der Waals surface area contributed by atoms with Crippen LogP contribution in [-0.2, 0) is 13.5 Å². The largest absolute Gasteiger partial charge is 0.398 e. The lowest BCUT2D eigenvalue weighted by Crippen LogP contribution is -2.36. The third-order valence-electron chi connectivity index (χ3n) is 3.69. The molecule has 2 N–H and O–H groups in total. The van der Waals surface area contributed by atoms with Gasteiger partial charge in [0, 0.05) is 31.2 Å². The van der Waals surface area contributed by atoms with Crippen molar-refractivity contribution in [1.82, 2.24) is 4.57 Å². The average Bonchev–Trinajstić information content (AvgIpc) is 2.84. The maximum atomic E-state index is 12.6. The minimum absolute atomic E-state index is 0. The number of rotatable bonds is 1. The Kier molecular flexibility index (Phi) is 4.04. The van der Waals surface area contributed by atoms with Crippen LogP contribution in [0.5, 0.6) is 0 Å². The molecule has 0 atom stereocenters. The van der Waals surface area contributed by atoms with Gasteiger partial charge in [0.15, 0.2) is 0 Å². The Labute approximate surface area is 124 Å². The molecule has 1 aromatic heterocycles. The molecule has 5 heteroatoms. The number of aryl methyl sites for hydroxylation is 1. The number of nitrogens with zero attached hydrogens (tertiary/aromatic N) is 2. The third-order valence-corrected chi connectivity index (χ3v) is 3.69. The first-order valence-electron chi connectivity index (χ1n) is 6.49. The van der Waals surface area contributed by atoms with Gasteiger partial charge in [-0.1, -0.05) is 6.07 Å². The number of carbonyl (C=O) groups excluding carboxylic acids is 1. The van der Waals surface area contributed by atoms with Crippen LogP contribution in [0.3, 0.4) is 0 Å². The first kappa shape index (κ1) is 14.5. The second-order valence-corrected chi connectivity index (χ2v) is 4.91. The Hall–Kier alpha value is -1.94. The van der Waals surface area contributed by atoms with Crippen molar-refractivity contribution in [3.8, 4) is 0 Å². The molecule has 106 valence electrons. The molecule has 3 rings (SSSR count). The van der Waals surface area contributed by atoms with Crippen LogP contribution >= 0.6 is 12.4 Å². The quantitative estimate of drug-likeness (QED) is 0.821. The zero-order valence-corrected chi connectivity index (χ0v) is 12.2. The van der Waals surface area contributed by atoms with E-state index in [4.69, 9.17) is 5.73 Å². The van der Waals surface area contributed by atoms with Crippen LogP contribution < -0.4 is 10.6 Å². The summed E-state index contributed by atoms with van der Waals surface area (Å²) in [7, 11) is 1.89. The van der Waals surface area contributed by atoms with E-state index in [9.17, 15) is 4.79 Å². The van der Waals surface area contributed by atoms with E-state index in [2.05, 4.69) is 0 Å². The number of hydrogen-bond donors (Lipinski definition) is 1. The second kappa shape index (κ2) is 5.59. The van der Waals surface area contributed by atoms with Gasteiger partial charge in [-0.15, -0.1) is 12.4 Å². The van der Waals surface area contributed by atoms with E-state index >= 15 is 0 Å². The highest BCUT2D eigenvalue weighted by Crippen LogP contribution is 2.32. The Bertz CT molecular complexity index is 636. The van der Waals surface area contributed by atoms with Crippen LogP contribution in [0.25, 0.3) is 0 Å². The number of anilines is 2. The Balaban J connectivity index is 0.00000147. The maximum Gasteiger partial charge on any atom is 0.274 e. The molecule has 1 aromatic carbocycles. The van der Waals surface area contributed by atoms with Crippen LogP contribution in [0, 0.1) is 0 Å². The summed E-state index contributed by atoms with van der Waals surface area (Å²) < 4.78 is 1.85.